The molecule has 11 heavy (non-hydrogen) atoms. The van der Waals surface area contributed by atoms with Gasteiger partial charge in [0.05, 0.1) is 0 Å². The highest BCUT2D eigenvalue weighted by Crippen LogP contribution is 2.10. The maximum Gasteiger partial charge on any atom is 0.148 e. The summed E-state index contributed by atoms with van der Waals surface area (Å²) in [7, 11) is 0. The first-order valence-corrected chi connectivity index (χ1v) is 3.46. The zero-order chi connectivity index (χ0) is 8.10. The van der Waals surface area contributed by atoms with Crippen molar-refractivity contribution < 1.29 is 4.74 Å². The molecule has 0 bridgehead atoms. The number of ether oxygens (including phenoxy) is 1. The second-order valence-corrected chi connectivity index (χ2v) is 2.31. The number of terminal acetylenes is 1. The Morgan fingerprint density at radius 3 is 2.55 bits per heavy atom. The first kappa shape index (κ1) is 7.68. The molecule has 0 amide bonds. The minimum Gasteiger partial charge on any atom is -0.481 e. The van der Waals surface area contributed by atoms with Crippen LogP contribution in [0.3, 0.4) is 0 Å². The Balaban J connectivity index is 2.60. The average molecular weight is 146 g/mol. The third-order valence-electron chi connectivity index (χ3n) is 1.34. The molecule has 0 saturated carbocycles. The van der Waals surface area contributed by atoms with Crippen LogP contribution in [0.1, 0.15) is 5.56 Å². The minimum absolute atomic E-state index is 0.336. The average Bonchev–Trinajstić information content (AvgIpc) is 2.04. The number of rotatable bonds is 2. The van der Waals surface area contributed by atoms with Gasteiger partial charge < -0.3 is 4.74 Å². The Morgan fingerprint density at radius 2 is 2.00 bits per heavy atom. The molecular formula is C10H10O. The van der Waals surface area contributed by atoms with Crippen molar-refractivity contribution in [3.05, 3.63) is 29.8 Å². The standard InChI is InChI=1S/C10H10O/c1-3-8-11-10-6-4-9(2)5-7-10/h1,4-7H,8H2,2H3. The van der Waals surface area contributed by atoms with Crippen molar-refractivity contribution in [1.29, 1.82) is 0 Å². The lowest BCUT2D eigenvalue weighted by Crippen LogP contribution is -1.92. The second kappa shape index (κ2) is 3.68. The fraction of sp³-hybridized carbons (Fsp3) is 0.200. The predicted molar refractivity (Wildman–Crippen MR) is 45.5 cm³/mol. The van der Waals surface area contributed by atoms with Gasteiger partial charge in [-0.15, -0.1) is 6.42 Å². The number of benzene rings is 1. The SMILES string of the molecule is C#CCOc1ccc(C)cc1. The number of hydrogen-bond acceptors (Lipinski definition) is 1. The van der Waals surface area contributed by atoms with E-state index in [1.54, 1.807) is 0 Å². The molecule has 1 rings (SSSR count). The van der Waals surface area contributed by atoms with Crippen molar-refractivity contribution in [3.63, 3.8) is 0 Å². The molecule has 0 aliphatic heterocycles. The highest BCUT2D eigenvalue weighted by atomic mass is 16.5. The fourth-order valence-electron chi connectivity index (χ4n) is 0.759. The van der Waals surface area contributed by atoms with Gasteiger partial charge in [0.15, 0.2) is 0 Å². The highest BCUT2D eigenvalue weighted by molar-refractivity contribution is 5.26. The van der Waals surface area contributed by atoms with E-state index in [0.29, 0.717) is 6.61 Å². The van der Waals surface area contributed by atoms with Gasteiger partial charge in [-0.25, -0.2) is 0 Å². The van der Waals surface area contributed by atoms with Crippen LogP contribution in [-0.2, 0) is 0 Å². The summed E-state index contributed by atoms with van der Waals surface area (Å²) in [5.41, 5.74) is 1.22. The first-order chi connectivity index (χ1) is 5.33. The summed E-state index contributed by atoms with van der Waals surface area (Å²) in [5.74, 6) is 3.24. The van der Waals surface area contributed by atoms with Crippen molar-refractivity contribution in [2.75, 3.05) is 6.61 Å². The van der Waals surface area contributed by atoms with E-state index in [0.717, 1.165) is 5.75 Å². The number of hydrogen-bond donors (Lipinski definition) is 0. The van der Waals surface area contributed by atoms with E-state index in [9.17, 15) is 0 Å². The lowest BCUT2D eigenvalue weighted by Gasteiger charge is -2.00. The summed E-state index contributed by atoms with van der Waals surface area (Å²) in [4.78, 5) is 0. The van der Waals surface area contributed by atoms with Gasteiger partial charge in [-0.2, -0.15) is 0 Å². The summed E-state index contributed by atoms with van der Waals surface area (Å²) in [6, 6.07) is 7.80. The third kappa shape index (κ3) is 2.35. The smallest absolute Gasteiger partial charge is 0.148 e. The summed E-state index contributed by atoms with van der Waals surface area (Å²) in [6.45, 7) is 2.37. The zero-order valence-electron chi connectivity index (χ0n) is 6.50. The minimum atomic E-state index is 0.336. The highest BCUT2D eigenvalue weighted by Gasteiger charge is 1.88. The van der Waals surface area contributed by atoms with Crippen LogP contribution in [0, 0.1) is 19.3 Å². The normalized spacial score (nSPS) is 8.73. The Kier molecular flexibility index (Phi) is 2.57. The molecule has 0 radical (unpaired) electrons. The Hall–Kier alpha value is -1.42. The van der Waals surface area contributed by atoms with Crippen LogP contribution >= 0.6 is 0 Å². The van der Waals surface area contributed by atoms with Gasteiger partial charge in [-0.3, -0.25) is 0 Å². The molecule has 0 N–H and O–H groups in total. The fourth-order valence-corrected chi connectivity index (χ4v) is 0.759. The molecule has 1 nitrogen and oxygen atoms in total. The third-order valence-corrected chi connectivity index (χ3v) is 1.34. The van der Waals surface area contributed by atoms with Gasteiger partial charge in [-0.1, -0.05) is 23.6 Å². The molecule has 0 saturated heterocycles. The van der Waals surface area contributed by atoms with E-state index in [4.69, 9.17) is 11.2 Å². The molecule has 0 aromatic heterocycles. The van der Waals surface area contributed by atoms with Crippen LogP contribution in [-0.4, -0.2) is 6.61 Å². The topological polar surface area (TPSA) is 9.23 Å². The lowest BCUT2D eigenvalue weighted by molar-refractivity contribution is 0.370. The predicted octanol–water partition coefficient (Wildman–Crippen LogP) is 2.01. The summed E-state index contributed by atoms with van der Waals surface area (Å²) < 4.78 is 5.17. The molecule has 0 atom stereocenters. The quantitative estimate of drug-likeness (QED) is 0.580. The van der Waals surface area contributed by atoms with Gasteiger partial charge in [0.25, 0.3) is 0 Å². The van der Waals surface area contributed by atoms with Crippen LogP contribution in [0.15, 0.2) is 24.3 Å². The molecule has 1 aromatic carbocycles. The monoisotopic (exact) mass is 146 g/mol. The van der Waals surface area contributed by atoms with E-state index < -0.39 is 0 Å². The maximum atomic E-state index is 5.17. The van der Waals surface area contributed by atoms with Gasteiger partial charge in [0, 0.05) is 0 Å². The molecule has 1 heteroatoms. The molecule has 0 aliphatic carbocycles. The largest absolute Gasteiger partial charge is 0.481 e. The Morgan fingerprint density at radius 1 is 1.36 bits per heavy atom. The summed E-state index contributed by atoms with van der Waals surface area (Å²) >= 11 is 0. The molecule has 0 aliphatic rings. The molecular weight excluding hydrogens is 136 g/mol. The van der Waals surface area contributed by atoms with Crippen LogP contribution in [0.25, 0.3) is 0 Å². The van der Waals surface area contributed by atoms with Crippen molar-refractivity contribution in [2.24, 2.45) is 0 Å². The van der Waals surface area contributed by atoms with E-state index >= 15 is 0 Å². The summed E-state index contributed by atoms with van der Waals surface area (Å²) in [6.07, 6.45) is 5.03. The Bertz CT molecular complexity index is 253. The first-order valence-electron chi connectivity index (χ1n) is 3.46. The lowest BCUT2D eigenvalue weighted by atomic mass is 10.2. The summed E-state index contributed by atoms with van der Waals surface area (Å²) in [5, 5.41) is 0. The maximum absolute atomic E-state index is 5.17. The molecule has 1 aromatic rings. The van der Waals surface area contributed by atoms with Gasteiger partial charge in [0.1, 0.15) is 12.4 Å². The van der Waals surface area contributed by atoms with Crippen LogP contribution < -0.4 is 4.74 Å². The van der Waals surface area contributed by atoms with Gasteiger partial charge in [-0.05, 0) is 19.1 Å². The van der Waals surface area contributed by atoms with E-state index in [-0.39, 0.29) is 0 Å². The van der Waals surface area contributed by atoms with Gasteiger partial charge >= 0.3 is 0 Å². The van der Waals surface area contributed by atoms with Crippen LogP contribution in [0.5, 0.6) is 5.75 Å². The number of aryl methyl sites for hydroxylation is 1. The van der Waals surface area contributed by atoms with Crippen molar-refractivity contribution in [3.8, 4) is 18.1 Å². The molecule has 0 heterocycles. The van der Waals surface area contributed by atoms with E-state index in [1.165, 1.54) is 5.56 Å². The van der Waals surface area contributed by atoms with Crippen molar-refractivity contribution in [1.82, 2.24) is 0 Å². The van der Waals surface area contributed by atoms with Crippen molar-refractivity contribution in [2.45, 2.75) is 6.92 Å². The molecule has 0 unspecified atom stereocenters. The van der Waals surface area contributed by atoms with E-state index in [1.807, 2.05) is 31.2 Å². The van der Waals surface area contributed by atoms with E-state index in [2.05, 4.69) is 5.92 Å². The van der Waals surface area contributed by atoms with Crippen LogP contribution in [0.4, 0.5) is 0 Å². The molecule has 0 spiro atoms. The molecule has 56 valence electrons. The van der Waals surface area contributed by atoms with Crippen LogP contribution in [0.2, 0.25) is 0 Å². The van der Waals surface area contributed by atoms with Gasteiger partial charge in [0.2, 0.25) is 0 Å². The zero-order valence-corrected chi connectivity index (χ0v) is 6.50. The molecule has 0 fully saturated rings. The second-order valence-electron chi connectivity index (χ2n) is 2.31. The van der Waals surface area contributed by atoms with Crippen molar-refractivity contribution >= 4 is 0 Å². The Labute approximate surface area is 67.0 Å².